The van der Waals surface area contributed by atoms with Crippen LogP contribution in [0.15, 0.2) is 24.3 Å². The molecular formula is C12H18ClN3O2. The van der Waals surface area contributed by atoms with Gasteiger partial charge in [-0.1, -0.05) is 6.92 Å². The summed E-state index contributed by atoms with van der Waals surface area (Å²) in [6.45, 7) is 4.19. The number of likely N-dealkylation sites (N-methyl/N-ethyl adjacent to an activating group) is 1. The maximum absolute atomic E-state index is 11.6. The molecule has 0 fully saturated rings. The number of rotatable bonds is 6. The molecule has 100 valence electrons. The molecule has 0 aliphatic carbocycles. The Kier molecular flexibility index (Phi) is 7.74. The second kappa shape index (κ2) is 8.49. The Bertz CT molecular complexity index is 393. The van der Waals surface area contributed by atoms with E-state index in [-0.39, 0.29) is 18.3 Å². The third kappa shape index (κ3) is 5.16. The number of nitrogens with one attached hydrogen (secondary N) is 2. The number of amides is 2. The molecule has 4 N–H and O–H groups in total. The number of hydrogen-bond acceptors (Lipinski definition) is 3. The molecule has 6 heteroatoms. The highest BCUT2D eigenvalue weighted by molar-refractivity contribution is 5.97. The first-order chi connectivity index (χ1) is 8.15. The van der Waals surface area contributed by atoms with E-state index >= 15 is 0 Å². The lowest BCUT2D eigenvalue weighted by molar-refractivity contribution is 0.0951. The van der Waals surface area contributed by atoms with Gasteiger partial charge in [0.25, 0.3) is 5.91 Å². The zero-order chi connectivity index (χ0) is 12.7. The van der Waals surface area contributed by atoms with Gasteiger partial charge in [-0.3, -0.25) is 9.59 Å². The van der Waals surface area contributed by atoms with Gasteiger partial charge in [0.15, 0.2) is 0 Å². The molecule has 0 aliphatic rings. The van der Waals surface area contributed by atoms with Crippen LogP contribution in [0.25, 0.3) is 0 Å². The average molecular weight is 272 g/mol. The molecule has 0 spiro atoms. The SMILES string of the molecule is CCNCCNC(=O)c1ccc(C(N)=O)cc1.Cl. The van der Waals surface area contributed by atoms with Crippen molar-refractivity contribution in [2.45, 2.75) is 6.92 Å². The lowest BCUT2D eigenvalue weighted by Crippen LogP contribution is -2.31. The van der Waals surface area contributed by atoms with Gasteiger partial charge in [0.1, 0.15) is 0 Å². The standard InChI is InChI=1S/C12H17N3O2.ClH/c1-2-14-7-8-15-12(17)10-5-3-9(4-6-10)11(13)16;/h3-6,14H,2,7-8H2,1H3,(H2,13,16)(H,15,17);1H. The van der Waals surface area contributed by atoms with E-state index in [4.69, 9.17) is 5.73 Å². The minimum Gasteiger partial charge on any atom is -0.366 e. The molecule has 0 unspecified atom stereocenters. The van der Waals surface area contributed by atoms with Gasteiger partial charge in [-0.15, -0.1) is 12.4 Å². The van der Waals surface area contributed by atoms with E-state index in [9.17, 15) is 9.59 Å². The van der Waals surface area contributed by atoms with Crippen LogP contribution >= 0.6 is 12.4 Å². The van der Waals surface area contributed by atoms with Gasteiger partial charge in [0.05, 0.1) is 0 Å². The Balaban J connectivity index is 0.00000289. The Labute approximate surface area is 113 Å². The number of benzene rings is 1. The maximum Gasteiger partial charge on any atom is 0.251 e. The molecule has 2 amide bonds. The largest absolute Gasteiger partial charge is 0.366 e. The minimum absolute atomic E-state index is 0. The second-order valence-corrected chi connectivity index (χ2v) is 3.55. The molecule has 0 saturated carbocycles. The first-order valence-electron chi connectivity index (χ1n) is 5.54. The maximum atomic E-state index is 11.6. The third-order valence-corrected chi connectivity index (χ3v) is 2.27. The summed E-state index contributed by atoms with van der Waals surface area (Å²) in [5, 5.41) is 5.87. The van der Waals surface area contributed by atoms with E-state index in [0.717, 1.165) is 13.1 Å². The molecule has 1 aromatic carbocycles. The fraction of sp³-hybridized carbons (Fsp3) is 0.333. The van der Waals surface area contributed by atoms with Crippen molar-refractivity contribution >= 4 is 24.2 Å². The highest BCUT2D eigenvalue weighted by Crippen LogP contribution is 2.03. The van der Waals surface area contributed by atoms with Gasteiger partial charge in [-0.2, -0.15) is 0 Å². The Morgan fingerprint density at radius 3 is 2.17 bits per heavy atom. The molecule has 0 radical (unpaired) electrons. The number of carbonyl (C=O) groups is 2. The highest BCUT2D eigenvalue weighted by atomic mass is 35.5. The van der Waals surface area contributed by atoms with Gasteiger partial charge in [0.2, 0.25) is 5.91 Å². The van der Waals surface area contributed by atoms with E-state index < -0.39 is 5.91 Å². The highest BCUT2D eigenvalue weighted by Gasteiger charge is 2.05. The van der Waals surface area contributed by atoms with Crippen LogP contribution in [0.2, 0.25) is 0 Å². The van der Waals surface area contributed by atoms with Crippen molar-refractivity contribution in [1.29, 1.82) is 0 Å². The number of hydrogen-bond donors (Lipinski definition) is 3. The van der Waals surface area contributed by atoms with E-state index in [1.807, 2.05) is 6.92 Å². The van der Waals surface area contributed by atoms with Crippen LogP contribution in [0, 0.1) is 0 Å². The molecule has 0 aliphatic heterocycles. The second-order valence-electron chi connectivity index (χ2n) is 3.55. The Morgan fingerprint density at radius 1 is 1.11 bits per heavy atom. The minimum atomic E-state index is -0.496. The van der Waals surface area contributed by atoms with E-state index in [1.54, 1.807) is 24.3 Å². The number of carbonyl (C=O) groups excluding carboxylic acids is 2. The average Bonchev–Trinajstić information content (AvgIpc) is 2.34. The summed E-state index contributed by atoms with van der Waals surface area (Å²) >= 11 is 0. The molecule has 18 heavy (non-hydrogen) atoms. The zero-order valence-corrected chi connectivity index (χ0v) is 11.0. The summed E-state index contributed by atoms with van der Waals surface area (Å²) in [5.41, 5.74) is 6.02. The fourth-order valence-corrected chi connectivity index (χ4v) is 1.33. The first-order valence-corrected chi connectivity index (χ1v) is 5.54. The van der Waals surface area contributed by atoms with Crippen molar-refractivity contribution in [2.75, 3.05) is 19.6 Å². The lowest BCUT2D eigenvalue weighted by Gasteiger charge is -2.05. The summed E-state index contributed by atoms with van der Waals surface area (Å²) < 4.78 is 0. The summed E-state index contributed by atoms with van der Waals surface area (Å²) in [6, 6.07) is 6.26. The summed E-state index contributed by atoms with van der Waals surface area (Å²) in [5.74, 6) is -0.650. The molecule has 1 aromatic rings. The summed E-state index contributed by atoms with van der Waals surface area (Å²) in [6.07, 6.45) is 0. The first kappa shape index (κ1) is 16.4. The molecule has 5 nitrogen and oxygen atoms in total. The molecule has 0 aromatic heterocycles. The van der Waals surface area contributed by atoms with Crippen LogP contribution < -0.4 is 16.4 Å². The zero-order valence-electron chi connectivity index (χ0n) is 10.2. The van der Waals surface area contributed by atoms with Crippen LogP contribution in [-0.2, 0) is 0 Å². The van der Waals surface area contributed by atoms with E-state index in [0.29, 0.717) is 17.7 Å². The van der Waals surface area contributed by atoms with Gasteiger partial charge >= 0.3 is 0 Å². The van der Waals surface area contributed by atoms with Gasteiger partial charge in [-0.25, -0.2) is 0 Å². The summed E-state index contributed by atoms with van der Waals surface area (Å²) in [4.78, 5) is 22.5. The van der Waals surface area contributed by atoms with E-state index in [2.05, 4.69) is 10.6 Å². The lowest BCUT2D eigenvalue weighted by atomic mass is 10.1. The van der Waals surface area contributed by atoms with Crippen LogP contribution in [0.1, 0.15) is 27.6 Å². The van der Waals surface area contributed by atoms with Crippen LogP contribution in [0.4, 0.5) is 0 Å². The normalized spacial score (nSPS) is 9.39. The third-order valence-electron chi connectivity index (χ3n) is 2.27. The molecule has 0 bridgehead atoms. The number of primary amides is 1. The number of nitrogens with two attached hydrogens (primary N) is 1. The van der Waals surface area contributed by atoms with Gasteiger partial charge in [0, 0.05) is 24.2 Å². The molecule has 0 saturated heterocycles. The smallest absolute Gasteiger partial charge is 0.251 e. The van der Waals surface area contributed by atoms with Crippen molar-refractivity contribution in [2.24, 2.45) is 5.73 Å². The predicted octanol–water partition coefficient (Wildman–Crippen LogP) is 0.547. The molecule has 0 heterocycles. The van der Waals surface area contributed by atoms with Crippen molar-refractivity contribution in [3.8, 4) is 0 Å². The van der Waals surface area contributed by atoms with Crippen molar-refractivity contribution in [3.05, 3.63) is 35.4 Å². The Morgan fingerprint density at radius 2 is 1.67 bits per heavy atom. The van der Waals surface area contributed by atoms with Crippen LogP contribution in [0.5, 0.6) is 0 Å². The van der Waals surface area contributed by atoms with Gasteiger partial charge < -0.3 is 16.4 Å². The van der Waals surface area contributed by atoms with Crippen LogP contribution in [0.3, 0.4) is 0 Å². The number of halogens is 1. The van der Waals surface area contributed by atoms with Gasteiger partial charge in [-0.05, 0) is 30.8 Å². The van der Waals surface area contributed by atoms with Crippen molar-refractivity contribution in [3.63, 3.8) is 0 Å². The molecule has 0 atom stereocenters. The van der Waals surface area contributed by atoms with Crippen LogP contribution in [-0.4, -0.2) is 31.4 Å². The van der Waals surface area contributed by atoms with Crippen molar-refractivity contribution in [1.82, 2.24) is 10.6 Å². The molecular weight excluding hydrogens is 254 g/mol. The fourth-order valence-electron chi connectivity index (χ4n) is 1.33. The topological polar surface area (TPSA) is 84.2 Å². The molecule has 1 rings (SSSR count). The monoisotopic (exact) mass is 271 g/mol. The quantitative estimate of drug-likeness (QED) is 0.661. The summed E-state index contributed by atoms with van der Waals surface area (Å²) in [7, 11) is 0. The predicted molar refractivity (Wildman–Crippen MR) is 73.1 cm³/mol. The van der Waals surface area contributed by atoms with E-state index in [1.165, 1.54) is 0 Å². The Hall–Kier alpha value is -1.59. The van der Waals surface area contributed by atoms with Crippen molar-refractivity contribution < 1.29 is 9.59 Å².